The molecule has 0 spiro atoms. The molecule has 2 aliphatic carbocycles. The predicted molar refractivity (Wildman–Crippen MR) is 87.7 cm³/mol. The van der Waals surface area contributed by atoms with Crippen molar-refractivity contribution >= 4 is 15.9 Å². The summed E-state index contributed by atoms with van der Waals surface area (Å²) in [6.45, 7) is 0.911. The molecule has 0 aromatic heterocycles. The molecule has 2 unspecified atom stereocenters. The Labute approximate surface area is 135 Å². The monoisotopic (exact) mass is 353 g/mol. The molecule has 1 aromatic carbocycles. The second kappa shape index (κ2) is 7.12. The van der Waals surface area contributed by atoms with Gasteiger partial charge in [0, 0.05) is 30.6 Å². The number of nitrogens with one attached hydrogen (secondary N) is 1. The van der Waals surface area contributed by atoms with Crippen LogP contribution in [0.1, 0.15) is 44.1 Å². The number of ether oxygens (including phenoxy) is 2. The maximum atomic E-state index is 6.18. The Morgan fingerprint density at radius 3 is 2.76 bits per heavy atom. The van der Waals surface area contributed by atoms with Crippen LogP contribution in [-0.4, -0.2) is 25.4 Å². The van der Waals surface area contributed by atoms with Gasteiger partial charge in [-0.25, -0.2) is 0 Å². The van der Waals surface area contributed by atoms with Gasteiger partial charge >= 0.3 is 0 Å². The average Bonchev–Trinajstić information content (AvgIpc) is 3.32. The van der Waals surface area contributed by atoms with Gasteiger partial charge in [-0.05, 0) is 55.9 Å². The highest BCUT2D eigenvalue weighted by Gasteiger charge is 2.23. The number of rotatable bonds is 6. The molecule has 3 rings (SSSR count). The molecule has 0 amide bonds. The Kier molecular flexibility index (Phi) is 5.19. The van der Waals surface area contributed by atoms with Crippen LogP contribution in [-0.2, 0) is 11.3 Å². The number of methoxy groups -OCH3 is 1. The van der Waals surface area contributed by atoms with E-state index in [4.69, 9.17) is 9.47 Å². The highest BCUT2D eigenvalue weighted by atomic mass is 79.9. The quantitative estimate of drug-likeness (QED) is 0.837. The molecule has 116 valence electrons. The van der Waals surface area contributed by atoms with Crippen molar-refractivity contribution in [2.75, 3.05) is 7.11 Å². The Hall–Kier alpha value is -0.580. The van der Waals surface area contributed by atoms with Gasteiger partial charge in [-0.1, -0.05) is 15.9 Å². The Morgan fingerprint density at radius 2 is 2.00 bits per heavy atom. The highest BCUT2D eigenvalue weighted by molar-refractivity contribution is 9.10. The molecule has 2 fully saturated rings. The Morgan fingerprint density at radius 1 is 1.19 bits per heavy atom. The van der Waals surface area contributed by atoms with E-state index >= 15 is 0 Å². The molecular formula is C17H24BrNO2. The SMILES string of the molecule is COC1CCCC(Oc2ccc(Br)c(CNC3CC3)c2)C1. The summed E-state index contributed by atoms with van der Waals surface area (Å²) >= 11 is 3.63. The lowest BCUT2D eigenvalue weighted by molar-refractivity contribution is 0.0209. The van der Waals surface area contributed by atoms with E-state index in [1.54, 1.807) is 7.11 Å². The first-order valence-electron chi connectivity index (χ1n) is 7.96. The Bertz CT molecular complexity index is 476. The van der Waals surface area contributed by atoms with E-state index in [1.165, 1.54) is 24.8 Å². The molecular weight excluding hydrogens is 330 g/mol. The van der Waals surface area contributed by atoms with E-state index in [1.807, 2.05) is 0 Å². The summed E-state index contributed by atoms with van der Waals surface area (Å²) in [5.74, 6) is 0.979. The lowest BCUT2D eigenvalue weighted by atomic mass is 9.95. The molecule has 0 saturated heterocycles. The minimum Gasteiger partial charge on any atom is -0.490 e. The number of hydrogen-bond donors (Lipinski definition) is 1. The molecule has 3 nitrogen and oxygen atoms in total. The summed E-state index contributed by atoms with van der Waals surface area (Å²) in [6.07, 6.45) is 7.75. The molecule has 1 N–H and O–H groups in total. The van der Waals surface area contributed by atoms with Gasteiger partial charge in [-0.15, -0.1) is 0 Å². The lowest BCUT2D eigenvalue weighted by Crippen LogP contribution is -2.29. The maximum absolute atomic E-state index is 6.18. The normalized spacial score (nSPS) is 25.8. The van der Waals surface area contributed by atoms with Crippen molar-refractivity contribution in [1.29, 1.82) is 0 Å². The van der Waals surface area contributed by atoms with Gasteiger partial charge in [0.25, 0.3) is 0 Å². The van der Waals surface area contributed by atoms with Crippen LogP contribution in [0.4, 0.5) is 0 Å². The van der Waals surface area contributed by atoms with Crippen LogP contribution in [0.25, 0.3) is 0 Å². The zero-order valence-electron chi connectivity index (χ0n) is 12.6. The summed E-state index contributed by atoms with van der Waals surface area (Å²) in [7, 11) is 1.80. The zero-order chi connectivity index (χ0) is 14.7. The summed E-state index contributed by atoms with van der Waals surface area (Å²) in [6, 6.07) is 7.04. The molecule has 2 atom stereocenters. The third-order valence-electron chi connectivity index (χ3n) is 4.39. The molecule has 1 aromatic rings. The Balaban J connectivity index is 1.60. The second-order valence-electron chi connectivity index (χ2n) is 6.17. The van der Waals surface area contributed by atoms with E-state index in [0.717, 1.165) is 42.1 Å². The molecule has 0 aliphatic heterocycles. The van der Waals surface area contributed by atoms with Crippen molar-refractivity contribution in [3.8, 4) is 5.75 Å². The number of hydrogen-bond acceptors (Lipinski definition) is 3. The lowest BCUT2D eigenvalue weighted by Gasteiger charge is -2.28. The van der Waals surface area contributed by atoms with Crippen molar-refractivity contribution in [1.82, 2.24) is 5.32 Å². The van der Waals surface area contributed by atoms with Gasteiger partial charge < -0.3 is 14.8 Å². The van der Waals surface area contributed by atoms with E-state index in [0.29, 0.717) is 6.10 Å². The minimum atomic E-state index is 0.286. The number of benzene rings is 1. The largest absolute Gasteiger partial charge is 0.490 e. The van der Waals surface area contributed by atoms with Crippen LogP contribution in [0.15, 0.2) is 22.7 Å². The molecule has 21 heavy (non-hydrogen) atoms. The first-order chi connectivity index (χ1) is 10.2. The van der Waals surface area contributed by atoms with Gasteiger partial charge in [0.15, 0.2) is 0 Å². The fourth-order valence-electron chi connectivity index (χ4n) is 2.92. The third-order valence-corrected chi connectivity index (χ3v) is 5.16. The van der Waals surface area contributed by atoms with Crippen molar-refractivity contribution in [2.45, 2.75) is 63.3 Å². The van der Waals surface area contributed by atoms with Crippen molar-refractivity contribution < 1.29 is 9.47 Å². The highest BCUT2D eigenvalue weighted by Crippen LogP contribution is 2.28. The molecule has 0 radical (unpaired) electrons. The number of halogens is 1. The van der Waals surface area contributed by atoms with Crippen LogP contribution < -0.4 is 10.1 Å². The van der Waals surface area contributed by atoms with Gasteiger partial charge in [-0.2, -0.15) is 0 Å². The van der Waals surface area contributed by atoms with Gasteiger partial charge in [-0.3, -0.25) is 0 Å². The van der Waals surface area contributed by atoms with E-state index in [2.05, 4.69) is 39.4 Å². The van der Waals surface area contributed by atoms with Crippen LogP contribution >= 0.6 is 15.9 Å². The van der Waals surface area contributed by atoms with E-state index < -0.39 is 0 Å². The minimum absolute atomic E-state index is 0.286. The second-order valence-corrected chi connectivity index (χ2v) is 7.03. The first kappa shape index (κ1) is 15.3. The summed E-state index contributed by atoms with van der Waals surface area (Å²) in [4.78, 5) is 0. The first-order valence-corrected chi connectivity index (χ1v) is 8.75. The maximum Gasteiger partial charge on any atom is 0.120 e. The van der Waals surface area contributed by atoms with Crippen LogP contribution in [0.5, 0.6) is 5.75 Å². The standard InChI is InChI=1S/C17H24BrNO2/c1-20-14-3-2-4-15(10-14)21-16-7-8-17(18)12(9-16)11-19-13-5-6-13/h7-9,13-15,19H,2-6,10-11H2,1H3. The zero-order valence-corrected chi connectivity index (χ0v) is 14.2. The van der Waals surface area contributed by atoms with E-state index in [9.17, 15) is 0 Å². The van der Waals surface area contributed by atoms with Crippen molar-refractivity contribution in [3.63, 3.8) is 0 Å². The van der Waals surface area contributed by atoms with Gasteiger partial charge in [0.05, 0.1) is 6.10 Å². The smallest absolute Gasteiger partial charge is 0.120 e. The van der Waals surface area contributed by atoms with E-state index in [-0.39, 0.29) is 6.10 Å². The predicted octanol–water partition coefficient (Wildman–Crippen LogP) is 4.04. The summed E-state index contributed by atoms with van der Waals surface area (Å²) in [5.41, 5.74) is 1.28. The fourth-order valence-corrected chi connectivity index (χ4v) is 3.30. The third kappa shape index (κ3) is 4.44. The summed E-state index contributed by atoms with van der Waals surface area (Å²) < 4.78 is 12.8. The van der Waals surface area contributed by atoms with Gasteiger partial charge in [0.2, 0.25) is 0 Å². The fraction of sp³-hybridized carbons (Fsp3) is 0.647. The molecule has 0 bridgehead atoms. The van der Waals surface area contributed by atoms with Crippen LogP contribution in [0.3, 0.4) is 0 Å². The average molecular weight is 354 g/mol. The molecule has 2 saturated carbocycles. The van der Waals surface area contributed by atoms with Crippen LogP contribution in [0, 0.1) is 0 Å². The van der Waals surface area contributed by atoms with Crippen molar-refractivity contribution in [2.24, 2.45) is 0 Å². The van der Waals surface area contributed by atoms with Crippen LogP contribution in [0.2, 0.25) is 0 Å². The summed E-state index contributed by atoms with van der Waals surface area (Å²) in [5, 5.41) is 3.56. The van der Waals surface area contributed by atoms with Crippen molar-refractivity contribution in [3.05, 3.63) is 28.2 Å². The van der Waals surface area contributed by atoms with Gasteiger partial charge in [0.1, 0.15) is 11.9 Å². The molecule has 0 heterocycles. The molecule has 4 heteroatoms. The topological polar surface area (TPSA) is 30.5 Å². The molecule has 2 aliphatic rings.